The van der Waals surface area contributed by atoms with Gasteiger partial charge in [-0.25, -0.2) is 4.79 Å². The highest BCUT2D eigenvalue weighted by Gasteiger charge is 2.11. The molecule has 4 heteroatoms. The summed E-state index contributed by atoms with van der Waals surface area (Å²) in [4.78, 5) is 10.6. The molecule has 0 unspecified atom stereocenters. The third kappa shape index (κ3) is 1.56. The summed E-state index contributed by atoms with van der Waals surface area (Å²) in [7, 11) is 0. The van der Waals surface area contributed by atoms with Gasteiger partial charge < -0.3 is 5.11 Å². The Labute approximate surface area is 82.8 Å². The van der Waals surface area contributed by atoms with Crippen LogP contribution in [0.25, 0.3) is 0 Å². The predicted molar refractivity (Wildman–Crippen MR) is 50.8 cm³/mol. The molecule has 0 spiro atoms. The first kappa shape index (κ1) is 9.00. The largest absolute Gasteiger partial charge is 0.478 e. The van der Waals surface area contributed by atoms with Gasteiger partial charge in [0.2, 0.25) is 0 Å². The number of carboxylic acids is 1. The first-order valence-corrected chi connectivity index (χ1v) is 4.16. The Morgan fingerprint density at radius 3 is 2.67 bits per heavy atom. The minimum Gasteiger partial charge on any atom is -0.478 e. The van der Waals surface area contributed by atoms with Gasteiger partial charge in [-0.3, -0.25) is 0 Å². The summed E-state index contributed by atoms with van der Waals surface area (Å²) >= 11 is 1.93. The topological polar surface area (TPSA) is 61.1 Å². The van der Waals surface area contributed by atoms with Crippen molar-refractivity contribution in [1.29, 1.82) is 5.26 Å². The van der Waals surface area contributed by atoms with E-state index in [0.29, 0.717) is 3.57 Å². The molecule has 0 bridgehead atoms. The third-order valence-corrected chi connectivity index (χ3v) is 2.25. The molecule has 1 rings (SSSR count). The molecule has 60 valence electrons. The monoisotopic (exact) mass is 273 g/mol. The van der Waals surface area contributed by atoms with Gasteiger partial charge in [0.1, 0.15) is 6.07 Å². The molecule has 1 N–H and O–H groups in total. The minimum atomic E-state index is -1.06. The average Bonchev–Trinajstić information content (AvgIpc) is 2.03. The Morgan fingerprint density at radius 2 is 2.25 bits per heavy atom. The van der Waals surface area contributed by atoms with Crippen LogP contribution in [0.3, 0.4) is 0 Å². The van der Waals surface area contributed by atoms with Crippen molar-refractivity contribution in [3.8, 4) is 6.07 Å². The number of carboxylic acid groups (broad SMARTS) is 1. The van der Waals surface area contributed by atoms with Crippen molar-refractivity contribution in [2.75, 3.05) is 0 Å². The number of carbonyl (C=O) groups is 1. The highest BCUT2D eigenvalue weighted by molar-refractivity contribution is 14.1. The second-order valence-corrected chi connectivity index (χ2v) is 3.24. The Morgan fingerprint density at radius 1 is 1.58 bits per heavy atom. The number of halogens is 1. The van der Waals surface area contributed by atoms with Crippen LogP contribution in [0.2, 0.25) is 0 Å². The first-order valence-electron chi connectivity index (χ1n) is 3.08. The summed E-state index contributed by atoms with van der Waals surface area (Å²) in [6.45, 7) is 0. The van der Waals surface area contributed by atoms with Gasteiger partial charge in [0.05, 0.1) is 11.1 Å². The first-order chi connectivity index (χ1) is 5.66. The van der Waals surface area contributed by atoms with Crippen molar-refractivity contribution in [3.05, 3.63) is 32.9 Å². The third-order valence-electron chi connectivity index (χ3n) is 1.36. The highest BCUT2D eigenvalue weighted by atomic mass is 127. The summed E-state index contributed by atoms with van der Waals surface area (Å²) in [6, 6.07) is 6.59. The fourth-order valence-corrected chi connectivity index (χ4v) is 1.43. The number of hydrogen-bond acceptors (Lipinski definition) is 2. The van der Waals surface area contributed by atoms with Gasteiger partial charge in [-0.2, -0.15) is 5.26 Å². The molecule has 0 aromatic heterocycles. The van der Waals surface area contributed by atoms with Crippen LogP contribution in [-0.2, 0) is 0 Å². The van der Waals surface area contributed by atoms with E-state index >= 15 is 0 Å². The van der Waals surface area contributed by atoms with E-state index in [1.807, 2.05) is 28.7 Å². The molecule has 1 aromatic carbocycles. The summed E-state index contributed by atoms with van der Waals surface area (Å²) in [6.07, 6.45) is 0. The van der Waals surface area contributed by atoms with E-state index in [4.69, 9.17) is 10.4 Å². The van der Waals surface area contributed by atoms with E-state index in [2.05, 4.69) is 0 Å². The zero-order chi connectivity index (χ0) is 9.14. The predicted octanol–water partition coefficient (Wildman–Crippen LogP) is 1.86. The molecular formula is C8H4INO2. The molecule has 12 heavy (non-hydrogen) atoms. The normalized spacial score (nSPS) is 9.00. The molecule has 0 aliphatic carbocycles. The second-order valence-electron chi connectivity index (χ2n) is 2.08. The van der Waals surface area contributed by atoms with Gasteiger partial charge >= 0.3 is 5.97 Å². The summed E-state index contributed by atoms with van der Waals surface area (Å²) in [5, 5.41) is 17.3. The van der Waals surface area contributed by atoms with Crippen LogP contribution in [-0.4, -0.2) is 11.1 Å². The molecule has 0 heterocycles. The molecule has 0 aliphatic rings. The van der Waals surface area contributed by atoms with Gasteiger partial charge in [-0.15, -0.1) is 0 Å². The summed E-state index contributed by atoms with van der Waals surface area (Å²) < 4.78 is 0.662. The molecule has 0 saturated heterocycles. The molecule has 0 atom stereocenters. The molecule has 0 radical (unpaired) electrons. The number of nitriles is 1. The van der Waals surface area contributed by atoms with Crippen LogP contribution < -0.4 is 0 Å². The number of rotatable bonds is 1. The van der Waals surface area contributed by atoms with Gasteiger partial charge in [-0.1, -0.05) is 6.07 Å². The SMILES string of the molecule is N#Cc1c(I)cccc1C(=O)O. The molecule has 3 nitrogen and oxygen atoms in total. The zero-order valence-electron chi connectivity index (χ0n) is 5.91. The van der Waals surface area contributed by atoms with Crippen molar-refractivity contribution in [1.82, 2.24) is 0 Å². The second kappa shape index (κ2) is 3.54. The fraction of sp³-hybridized carbons (Fsp3) is 0. The Hall–Kier alpha value is -1.09. The van der Waals surface area contributed by atoms with Gasteiger partial charge in [-0.05, 0) is 34.7 Å². The smallest absolute Gasteiger partial charge is 0.337 e. The van der Waals surface area contributed by atoms with Crippen molar-refractivity contribution < 1.29 is 9.90 Å². The number of nitrogens with zero attached hydrogens (tertiary/aromatic N) is 1. The van der Waals surface area contributed by atoms with E-state index in [1.54, 1.807) is 12.1 Å². The average molecular weight is 273 g/mol. The van der Waals surface area contributed by atoms with E-state index in [1.165, 1.54) is 6.07 Å². The lowest BCUT2D eigenvalue weighted by atomic mass is 10.1. The quantitative estimate of drug-likeness (QED) is 0.794. The molecule has 1 aromatic rings. The standard InChI is InChI=1S/C8H4INO2/c9-7-3-1-2-5(8(11)12)6(7)4-10/h1-3H,(H,11,12). The van der Waals surface area contributed by atoms with Crippen LogP contribution in [0.5, 0.6) is 0 Å². The van der Waals surface area contributed by atoms with Gasteiger partial charge in [0, 0.05) is 3.57 Å². The molecule has 0 aliphatic heterocycles. The van der Waals surface area contributed by atoms with Crippen molar-refractivity contribution in [2.45, 2.75) is 0 Å². The maximum Gasteiger partial charge on any atom is 0.337 e. The van der Waals surface area contributed by atoms with E-state index in [9.17, 15) is 4.79 Å². The van der Waals surface area contributed by atoms with Crippen LogP contribution in [0, 0.1) is 14.9 Å². The lowest BCUT2D eigenvalue weighted by Gasteiger charge is -1.98. The minimum absolute atomic E-state index is 0.0596. The lowest BCUT2D eigenvalue weighted by molar-refractivity contribution is 0.0696. The number of benzene rings is 1. The van der Waals surface area contributed by atoms with Gasteiger partial charge in [0.15, 0.2) is 0 Å². The van der Waals surface area contributed by atoms with Crippen LogP contribution >= 0.6 is 22.6 Å². The maximum absolute atomic E-state index is 10.6. The Bertz CT molecular complexity index is 368. The number of hydrogen-bond donors (Lipinski definition) is 1. The zero-order valence-corrected chi connectivity index (χ0v) is 8.07. The maximum atomic E-state index is 10.6. The van der Waals surface area contributed by atoms with E-state index in [-0.39, 0.29) is 11.1 Å². The summed E-state index contributed by atoms with van der Waals surface area (Å²) in [5.41, 5.74) is 0.287. The molecule has 0 fully saturated rings. The fourth-order valence-electron chi connectivity index (χ4n) is 0.816. The van der Waals surface area contributed by atoms with E-state index < -0.39 is 5.97 Å². The summed E-state index contributed by atoms with van der Waals surface area (Å²) in [5.74, 6) is -1.06. The Balaban J connectivity index is 3.40. The van der Waals surface area contributed by atoms with Crippen LogP contribution in [0.4, 0.5) is 0 Å². The van der Waals surface area contributed by atoms with Crippen molar-refractivity contribution >= 4 is 28.6 Å². The Kier molecular flexibility index (Phi) is 2.65. The highest BCUT2D eigenvalue weighted by Crippen LogP contribution is 2.15. The lowest BCUT2D eigenvalue weighted by Crippen LogP contribution is -2.01. The van der Waals surface area contributed by atoms with Crippen LogP contribution in [0.1, 0.15) is 15.9 Å². The number of aromatic carboxylic acids is 1. The van der Waals surface area contributed by atoms with Crippen molar-refractivity contribution in [3.63, 3.8) is 0 Å². The van der Waals surface area contributed by atoms with E-state index in [0.717, 1.165) is 0 Å². The van der Waals surface area contributed by atoms with Gasteiger partial charge in [0.25, 0.3) is 0 Å². The molecule has 0 amide bonds. The van der Waals surface area contributed by atoms with Crippen LogP contribution in [0.15, 0.2) is 18.2 Å². The van der Waals surface area contributed by atoms with Crippen molar-refractivity contribution in [2.24, 2.45) is 0 Å². The molecule has 0 saturated carbocycles. The molecular weight excluding hydrogens is 269 g/mol.